The normalized spacial score (nSPS) is 14.4. The summed E-state index contributed by atoms with van der Waals surface area (Å²) >= 11 is 0. The van der Waals surface area contributed by atoms with Gasteiger partial charge in [0.15, 0.2) is 0 Å². The summed E-state index contributed by atoms with van der Waals surface area (Å²) in [4.78, 5) is 0. The molecule has 80 valence electrons. The monoisotopic (exact) mass is 209 g/mol. The molecule has 0 bridgehead atoms. The molecule has 0 aromatic heterocycles. The molecular weight excluding hydrogens is 190 g/mol. The van der Waals surface area contributed by atoms with Crippen molar-refractivity contribution >= 4 is 10.1 Å². The molecule has 0 fully saturated rings. The average Bonchev–Trinajstić information content (AvgIpc) is 1.99. The maximum absolute atomic E-state index is 11.1. The number of hydrogen-bond donors (Lipinski definition) is 1. The molecule has 2 N–H and O–H groups in total. The van der Waals surface area contributed by atoms with Crippen molar-refractivity contribution in [2.24, 2.45) is 5.73 Å². The van der Waals surface area contributed by atoms with Crippen molar-refractivity contribution in [3.8, 4) is 0 Å². The summed E-state index contributed by atoms with van der Waals surface area (Å²) in [7, 11) is -3.39. The number of unbranched alkanes of at least 4 members (excludes halogenated alkanes) is 1. The molecule has 0 rings (SSSR count). The second kappa shape index (κ2) is 6.34. The minimum absolute atomic E-state index is 0.0938. The van der Waals surface area contributed by atoms with Gasteiger partial charge in [-0.1, -0.05) is 19.8 Å². The second-order valence-corrected chi connectivity index (χ2v) is 4.82. The summed E-state index contributed by atoms with van der Waals surface area (Å²) in [6, 6.07) is 0. The van der Waals surface area contributed by atoms with Crippen LogP contribution >= 0.6 is 0 Å². The van der Waals surface area contributed by atoms with Gasteiger partial charge in [0.1, 0.15) is 0 Å². The van der Waals surface area contributed by atoms with E-state index in [4.69, 9.17) is 9.92 Å². The highest BCUT2D eigenvalue weighted by molar-refractivity contribution is 7.86. The van der Waals surface area contributed by atoms with E-state index in [-0.39, 0.29) is 18.4 Å². The Bertz CT molecular complexity index is 213. The van der Waals surface area contributed by atoms with Crippen molar-refractivity contribution in [1.82, 2.24) is 0 Å². The molecule has 0 amide bonds. The van der Waals surface area contributed by atoms with E-state index in [1.807, 2.05) is 0 Å². The smallest absolute Gasteiger partial charge is 0.268 e. The van der Waals surface area contributed by atoms with E-state index in [9.17, 15) is 8.42 Å². The van der Waals surface area contributed by atoms with Crippen LogP contribution in [-0.2, 0) is 14.3 Å². The first-order valence-corrected chi connectivity index (χ1v) is 6.20. The number of rotatable bonds is 7. The molecule has 4 nitrogen and oxygen atoms in total. The second-order valence-electron chi connectivity index (χ2n) is 3.10. The lowest BCUT2D eigenvalue weighted by Crippen LogP contribution is -2.22. The Morgan fingerprint density at radius 1 is 1.46 bits per heavy atom. The Kier molecular flexibility index (Phi) is 6.28. The predicted molar refractivity (Wildman–Crippen MR) is 52.9 cm³/mol. The third kappa shape index (κ3) is 6.98. The average molecular weight is 209 g/mol. The van der Waals surface area contributed by atoms with Crippen LogP contribution in [0.15, 0.2) is 0 Å². The molecule has 0 aliphatic carbocycles. The molecule has 0 spiro atoms. The van der Waals surface area contributed by atoms with Crippen LogP contribution in [0.25, 0.3) is 0 Å². The van der Waals surface area contributed by atoms with E-state index in [2.05, 4.69) is 6.92 Å². The summed E-state index contributed by atoms with van der Waals surface area (Å²) in [6.07, 6.45) is 2.58. The maximum atomic E-state index is 11.1. The summed E-state index contributed by atoms with van der Waals surface area (Å²) < 4.78 is 27.1. The lowest BCUT2D eigenvalue weighted by Gasteiger charge is -2.11. The SMILES string of the molecule is CCCCC(C)OS(=O)(=O)CCN. The van der Waals surface area contributed by atoms with Crippen LogP contribution in [0.4, 0.5) is 0 Å². The molecular formula is C8H19NO3S. The molecule has 0 aromatic rings. The van der Waals surface area contributed by atoms with Gasteiger partial charge in [-0.05, 0) is 13.3 Å². The number of nitrogens with two attached hydrogens (primary N) is 1. The van der Waals surface area contributed by atoms with Crippen LogP contribution in [0.1, 0.15) is 33.1 Å². The Morgan fingerprint density at radius 3 is 2.54 bits per heavy atom. The fourth-order valence-electron chi connectivity index (χ4n) is 0.982. The number of hydrogen-bond acceptors (Lipinski definition) is 4. The first kappa shape index (κ1) is 12.9. The molecule has 13 heavy (non-hydrogen) atoms. The van der Waals surface area contributed by atoms with E-state index in [0.717, 1.165) is 19.3 Å². The Morgan fingerprint density at radius 2 is 2.08 bits per heavy atom. The van der Waals surface area contributed by atoms with Gasteiger partial charge in [0, 0.05) is 6.54 Å². The fourth-order valence-corrected chi connectivity index (χ4v) is 1.96. The largest absolute Gasteiger partial charge is 0.329 e. The van der Waals surface area contributed by atoms with Crippen LogP contribution < -0.4 is 5.73 Å². The van der Waals surface area contributed by atoms with Gasteiger partial charge < -0.3 is 5.73 Å². The van der Waals surface area contributed by atoms with Gasteiger partial charge >= 0.3 is 0 Å². The fraction of sp³-hybridized carbons (Fsp3) is 1.00. The molecule has 0 saturated carbocycles. The van der Waals surface area contributed by atoms with Crippen LogP contribution in [0, 0.1) is 0 Å². The van der Waals surface area contributed by atoms with Gasteiger partial charge in [0.05, 0.1) is 11.9 Å². The minimum Gasteiger partial charge on any atom is -0.329 e. The zero-order valence-corrected chi connectivity index (χ0v) is 9.14. The van der Waals surface area contributed by atoms with E-state index in [0.29, 0.717) is 0 Å². The zero-order valence-electron chi connectivity index (χ0n) is 8.32. The summed E-state index contributed by atoms with van der Waals surface area (Å²) in [5, 5.41) is 0. The molecule has 0 aromatic carbocycles. The van der Waals surface area contributed by atoms with Gasteiger partial charge in [-0.25, -0.2) is 0 Å². The zero-order chi connectivity index (χ0) is 10.3. The van der Waals surface area contributed by atoms with Gasteiger partial charge in [0.2, 0.25) is 0 Å². The molecule has 0 heterocycles. The molecule has 0 radical (unpaired) electrons. The molecule has 1 unspecified atom stereocenters. The Labute approximate surface area is 80.6 Å². The lowest BCUT2D eigenvalue weighted by atomic mass is 10.2. The first-order chi connectivity index (χ1) is 6.02. The predicted octanol–water partition coefficient (Wildman–Crippen LogP) is 0.870. The first-order valence-electron chi connectivity index (χ1n) is 4.63. The van der Waals surface area contributed by atoms with E-state index < -0.39 is 10.1 Å². The minimum atomic E-state index is -3.39. The van der Waals surface area contributed by atoms with E-state index in [1.54, 1.807) is 6.92 Å². The van der Waals surface area contributed by atoms with Crippen molar-refractivity contribution in [3.05, 3.63) is 0 Å². The highest BCUT2D eigenvalue weighted by atomic mass is 32.2. The topological polar surface area (TPSA) is 69.4 Å². The summed E-state index contributed by atoms with van der Waals surface area (Å²) in [5.74, 6) is -0.0938. The Balaban J connectivity index is 3.82. The van der Waals surface area contributed by atoms with Crippen LogP contribution in [-0.4, -0.2) is 26.8 Å². The third-order valence-electron chi connectivity index (χ3n) is 1.64. The maximum Gasteiger partial charge on any atom is 0.268 e. The van der Waals surface area contributed by atoms with E-state index in [1.165, 1.54) is 0 Å². The van der Waals surface area contributed by atoms with Crippen molar-refractivity contribution in [2.45, 2.75) is 39.2 Å². The highest BCUT2D eigenvalue weighted by Gasteiger charge is 2.14. The summed E-state index contributed by atoms with van der Waals surface area (Å²) in [5.41, 5.74) is 5.13. The van der Waals surface area contributed by atoms with Crippen molar-refractivity contribution in [3.63, 3.8) is 0 Å². The third-order valence-corrected chi connectivity index (χ3v) is 3.00. The van der Waals surface area contributed by atoms with Crippen LogP contribution in [0.5, 0.6) is 0 Å². The quantitative estimate of drug-likeness (QED) is 0.632. The van der Waals surface area contributed by atoms with Crippen molar-refractivity contribution < 1.29 is 12.6 Å². The molecule has 0 saturated heterocycles. The van der Waals surface area contributed by atoms with Crippen molar-refractivity contribution in [2.75, 3.05) is 12.3 Å². The van der Waals surface area contributed by atoms with E-state index >= 15 is 0 Å². The van der Waals surface area contributed by atoms with Gasteiger partial charge in [-0.2, -0.15) is 8.42 Å². The van der Waals surface area contributed by atoms with Gasteiger partial charge in [0.25, 0.3) is 10.1 Å². The molecule has 0 aliphatic rings. The molecule has 5 heteroatoms. The Hall–Kier alpha value is -0.130. The standard InChI is InChI=1S/C8H19NO3S/c1-3-4-5-8(2)12-13(10,11)7-6-9/h8H,3-7,9H2,1-2H3. The molecule has 0 aliphatic heterocycles. The lowest BCUT2D eigenvalue weighted by molar-refractivity contribution is 0.215. The highest BCUT2D eigenvalue weighted by Crippen LogP contribution is 2.07. The van der Waals surface area contributed by atoms with Gasteiger partial charge in [-0.15, -0.1) is 0 Å². The summed E-state index contributed by atoms with van der Waals surface area (Å²) in [6.45, 7) is 3.94. The van der Waals surface area contributed by atoms with Crippen molar-refractivity contribution in [1.29, 1.82) is 0 Å². The van der Waals surface area contributed by atoms with Gasteiger partial charge in [-0.3, -0.25) is 4.18 Å². The van der Waals surface area contributed by atoms with Crippen LogP contribution in [0.3, 0.4) is 0 Å². The van der Waals surface area contributed by atoms with Crippen LogP contribution in [0.2, 0.25) is 0 Å². The molecule has 1 atom stereocenters.